The van der Waals surface area contributed by atoms with Crippen LogP contribution in [0.2, 0.25) is 0 Å². The molecule has 0 saturated carbocycles. The van der Waals surface area contributed by atoms with Crippen molar-refractivity contribution < 1.29 is 9.53 Å². The van der Waals surface area contributed by atoms with Crippen LogP contribution in [0.25, 0.3) is 0 Å². The molecule has 4 nitrogen and oxygen atoms in total. The number of hydrogen-bond acceptors (Lipinski definition) is 4. The molecule has 0 radical (unpaired) electrons. The van der Waals surface area contributed by atoms with E-state index >= 15 is 0 Å². The molecule has 1 heterocycles. The number of nitrogen functional groups attached to an aromatic ring is 1. The number of aromatic nitrogens is 1. The number of hydrogen-bond donors (Lipinski definition) is 1. The van der Waals surface area contributed by atoms with Gasteiger partial charge in [-0.3, -0.25) is 0 Å². The number of rotatable bonds is 2. The fourth-order valence-corrected chi connectivity index (χ4v) is 1.56. The zero-order valence-electron chi connectivity index (χ0n) is 11.1. The van der Waals surface area contributed by atoms with Crippen LogP contribution in [0, 0.1) is 11.8 Å². The smallest absolute Gasteiger partial charge is 0.339 e. The van der Waals surface area contributed by atoms with Crippen molar-refractivity contribution in [1.82, 2.24) is 4.98 Å². The Labute approximate surface area is 117 Å². The minimum Gasteiger partial charge on any atom is -0.462 e. The van der Waals surface area contributed by atoms with Gasteiger partial charge >= 0.3 is 5.97 Å². The molecule has 0 fully saturated rings. The summed E-state index contributed by atoms with van der Waals surface area (Å²) in [4.78, 5) is 15.6. The van der Waals surface area contributed by atoms with E-state index in [1.807, 2.05) is 30.3 Å². The topological polar surface area (TPSA) is 65.2 Å². The molecule has 20 heavy (non-hydrogen) atoms. The van der Waals surface area contributed by atoms with Gasteiger partial charge in [-0.1, -0.05) is 30.0 Å². The molecule has 0 amide bonds. The van der Waals surface area contributed by atoms with Crippen LogP contribution >= 0.6 is 0 Å². The average molecular weight is 266 g/mol. The lowest BCUT2D eigenvalue weighted by Gasteiger charge is -2.03. The van der Waals surface area contributed by atoms with E-state index in [9.17, 15) is 4.79 Å². The lowest BCUT2D eigenvalue weighted by atomic mass is 10.1. The van der Waals surface area contributed by atoms with Crippen molar-refractivity contribution in [2.45, 2.75) is 6.92 Å². The summed E-state index contributed by atoms with van der Waals surface area (Å²) in [6, 6.07) is 11.1. The molecule has 2 rings (SSSR count). The molecule has 1 aromatic heterocycles. The Morgan fingerprint density at radius 3 is 2.75 bits per heavy atom. The summed E-state index contributed by atoms with van der Waals surface area (Å²) in [6.45, 7) is 2.06. The quantitative estimate of drug-likeness (QED) is 0.668. The second-order valence-electron chi connectivity index (χ2n) is 3.99. The largest absolute Gasteiger partial charge is 0.462 e. The highest BCUT2D eigenvalue weighted by atomic mass is 16.5. The van der Waals surface area contributed by atoms with Crippen molar-refractivity contribution in [3.8, 4) is 11.8 Å². The standard InChI is InChI=1S/C16H14N2O2/c1-2-20-16(19)14-10-13(15(17)18-11-14)9-8-12-6-4-3-5-7-12/h3-7,10-11H,2H2,1H3,(H2,17,18). The maximum absolute atomic E-state index is 11.6. The third-order valence-electron chi connectivity index (χ3n) is 2.54. The molecule has 4 heteroatoms. The van der Waals surface area contributed by atoms with E-state index in [1.54, 1.807) is 13.0 Å². The molecule has 0 unspecified atom stereocenters. The first-order chi connectivity index (χ1) is 9.70. The maximum atomic E-state index is 11.6. The van der Waals surface area contributed by atoms with E-state index in [0.717, 1.165) is 5.56 Å². The van der Waals surface area contributed by atoms with Gasteiger partial charge in [-0.25, -0.2) is 9.78 Å². The molecular weight excluding hydrogens is 252 g/mol. The van der Waals surface area contributed by atoms with Crippen LogP contribution in [-0.4, -0.2) is 17.6 Å². The van der Waals surface area contributed by atoms with Crippen LogP contribution < -0.4 is 5.73 Å². The summed E-state index contributed by atoms with van der Waals surface area (Å²) >= 11 is 0. The fourth-order valence-electron chi connectivity index (χ4n) is 1.56. The monoisotopic (exact) mass is 266 g/mol. The zero-order chi connectivity index (χ0) is 14.4. The minimum absolute atomic E-state index is 0.293. The normalized spacial score (nSPS) is 9.45. The third-order valence-corrected chi connectivity index (χ3v) is 2.54. The van der Waals surface area contributed by atoms with Crippen LogP contribution in [0.15, 0.2) is 42.6 Å². The Kier molecular flexibility index (Phi) is 4.35. The van der Waals surface area contributed by atoms with Gasteiger partial charge in [0.05, 0.1) is 17.7 Å². The SMILES string of the molecule is CCOC(=O)c1cnc(N)c(C#Cc2ccccc2)c1. The number of carbonyl (C=O) groups excluding carboxylic acids is 1. The molecule has 0 aliphatic carbocycles. The van der Waals surface area contributed by atoms with Gasteiger partial charge in [-0.05, 0) is 25.1 Å². The van der Waals surface area contributed by atoms with Gasteiger partial charge in [0.1, 0.15) is 5.82 Å². The Hall–Kier alpha value is -2.80. The second kappa shape index (κ2) is 6.39. The lowest BCUT2D eigenvalue weighted by Crippen LogP contribution is -2.07. The maximum Gasteiger partial charge on any atom is 0.339 e. The lowest BCUT2D eigenvalue weighted by molar-refractivity contribution is 0.0526. The van der Waals surface area contributed by atoms with E-state index in [0.29, 0.717) is 23.6 Å². The summed E-state index contributed by atoms with van der Waals surface area (Å²) < 4.78 is 4.92. The zero-order valence-corrected chi connectivity index (χ0v) is 11.1. The molecule has 0 aliphatic heterocycles. The van der Waals surface area contributed by atoms with E-state index in [-0.39, 0.29) is 0 Å². The van der Waals surface area contributed by atoms with Crippen LogP contribution in [0.5, 0.6) is 0 Å². The molecule has 0 saturated heterocycles. The van der Waals surface area contributed by atoms with Crippen LogP contribution in [-0.2, 0) is 4.74 Å². The molecule has 1 aromatic carbocycles. The van der Waals surface area contributed by atoms with Gasteiger partial charge in [0, 0.05) is 11.8 Å². The number of anilines is 1. The molecule has 100 valence electrons. The number of carbonyl (C=O) groups is 1. The Morgan fingerprint density at radius 2 is 2.05 bits per heavy atom. The van der Waals surface area contributed by atoms with Crippen molar-refractivity contribution in [1.29, 1.82) is 0 Å². The van der Waals surface area contributed by atoms with Gasteiger partial charge in [0.25, 0.3) is 0 Å². The van der Waals surface area contributed by atoms with E-state index in [4.69, 9.17) is 10.5 Å². The van der Waals surface area contributed by atoms with Crippen molar-refractivity contribution >= 4 is 11.8 Å². The summed E-state index contributed by atoms with van der Waals surface area (Å²) in [5.41, 5.74) is 7.49. The highest BCUT2D eigenvalue weighted by Crippen LogP contribution is 2.11. The number of nitrogens with two attached hydrogens (primary N) is 1. The molecule has 0 aliphatic rings. The molecular formula is C16H14N2O2. The summed E-state index contributed by atoms with van der Waals surface area (Å²) in [5, 5.41) is 0. The highest BCUT2D eigenvalue weighted by Gasteiger charge is 2.09. The fraction of sp³-hybridized carbons (Fsp3) is 0.125. The second-order valence-corrected chi connectivity index (χ2v) is 3.99. The number of benzene rings is 1. The summed E-state index contributed by atoms with van der Waals surface area (Å²) in [6.07, 6.45) is 1.39. The molecule has 2 aromatic rings. The van der Waals surface area contributed by atoms with E-state index in [1.165, 1.54) is 6.20 Å². The molecule has 2 N–H and O–H groups in total. The highest BCUT2D eigenvalue weighted by molar-refractivity contribution is 5.90. The van der Waals surface area contributed by atoms with E-state index in [2.05, 4.69) is 16.8 Å². The van der Waals surface area contributed by atoms with Gasteiger partial charge in [0.15, 0.2) is 0 Å². The van der Waals surface area contributed by atoms with Gasteiger partial charge in [-0.15, -0.1) is 0 Å². The predicted octanol–water partition coefficient (Wildman–Crippen LogP) is 2.24. The summed E-state index contributed by atoms with van der Waals surface area (Å²) in [7, 11) is 0. The van der Waals surface area contributed by atoms with Crippen LogP contribution in [0.3, 0.4) is 0 Å². The molecule has 0 bridgehead atoms. The number of esters is 1. The van der Waals surface area contributed by atoms with Crippen LogP contribution in [0.4, 0.5) is 5.82 Å². The van der Waals surface area contributed by atoms with Crippen molar-refractivity contribution in [2.24, 2.45) is 0 Å². The van der Waals surface area contributed by atoms with Gasteiger partial charge in [-0.2, -0.15) is 0 Å². The first-order valence-electron chi connectivity index (χ1n) is 6.20. The van der Waals surface area contributed by atoms with Crippen molar-refractivity contribution in [3.63, 3.8) is 0 Å². The minimum atomic E-state index is -0.428. The summed E-state index contributed by atoms with van der Waals surface area (Å²) in [5.74, 6) is 5.76. The number of pyridine rings is 1. The Balaban J connectivity index is 2.30. The van der Waals surface area contributed by atoms with Gasteiger partial charge < -0.3 is 10.5 Å². The predicted molar refractivity (Wildman–Crippen MR) is 77.0 cm³/mol. The Bertz CT molecular complexity index is 670. The third kappa shape index (κ3) is 3.36. The number of nitrogens with zero attached hydrogens (tertiary/aromatic N) is 1. The Morgan fingerprint density at radius 1 is 1.30 bits per heavy atom. The first-order valence-corrected chi connectivity index (χ1v) is 6.20. The average Bonchev–Trinajstić information content (AvgIpc) is 2.47. The van der Waals surface area contributed by atoms with Gasteiger partial charge in [0.2, 0.25) is 0 Å². The first kappa shape index (κ1) is 13.6. The molecule has 0 spiro atoms. The van der Waals surface area contributed by atoms with E-state index < -0.39 is 5.97 Å². The number of ether oxygens (including phenoxy) is 1. The van der Waals surface area contributed by atoms with Crippen molar-refractivity contribution in [2.75, 3.05) is 12.3 Å². The van der Waals surface area contributed by atoms with Crippen LogP contribution in [0.1, 0.15) is 28.4 Å². The van der Waals surface area contributed by atoms with Crippen molar-refractivity contribution in [3.05, 3.63) is 59.3 Å². The molecule has 0 atom stereocenters.